The zero-order valence-electron chi connectivity index (χ0n) is 19.9. The number of nitrogens with one attached hydrogen (secondary N) is 1. The fourth-order valence-electron chi connectivity index (χ4n) is 6.17. The monoisotopic (exact) mass is 558 g/mol. The van der Waals surface area contributed by atoms with Gasteiger partial charge in [-0.05, 0) is 52.9 Å². The Kier molecular flexibility index (Phi) is 5.71. The number of nitrogens with zero attached hydrogens (tertiary/aromatic N) is 1. The van der Waals surface area contributed by atoms with Crippen LogP contribution >= 0.6 is 15.9 Å². The summed E-state index contributed by atoms with van der Waals surface area (Å²) in [5.41, 5.74) is 5.72. The first-order valence-electron chi connectivity index (χ1n) is 12.1. The summed E-state index contributed by atoms with van der Waals surface area (Å²) in [6, 6.07) is 21.3. The molecule has 7 rings (SSSR count). The number of hydrogen-bond acceptors (Lipinski definition) is 5. The largest absolute Gasteiger partial charge is 0.454 e. The van der Waals surface area contributed by atoms with Crippen LogP contribution in [0.2, 0.25) is 0 Å². The Bertz CT molecular complexity index is 1370. The summed E-state index contributed by atoms with van der Waals surface area (Å²) in [4.78, 5) is 53.1. The molecular formula is C29H23BrN2O5. The van der Waals surface area contributed by atoms with Crippen LogP contribution in [0.4, 0.5) is 5.69 Å². The topological polar surface area (TPSA) is 92.8 Å². The van der Waals surface area contributed by atoms with Gasteiger partial charge >= 0.3 is 5.97 Å². The molecule has 4 aliphatic rings. The zero-order valence-corrected chi connectivity index (χ0v) is 21.5. The van der Waals surface area contributed by atoms with Crippen molar-refractivity contribution in [1.82, 2.24) is 4.90 Å². The molecule has 1 saturated heterocycles. The van der Waals surface area contributed by atoms with Gasteiger partial charge in [-0.1, -0.05) is 64.5 Å². The Morgan fingerprint density at radius 2 is 1.38 bits per heavy atom. The SMILES string of the molecule is Cc1cc(Br)ccc1NC(=O)COC(=O)CN1C(=O)[C@H]2C3c4ccccc4C(c4ccccc43)[C@@H]2C1=O. The van der Waals surface area contributed by atoms with E-state index in [0.717, 1.165) is 37.2 Å². The van der Waals surface area contributed by atoms with Gasteiger partial charge in [0.2, 0.25) is 11.8 Å². The van der Waals surface area contributed by atoms with Crippen molar-refractivity contribution in [1.29, 1.82) is 0 Å². The smallest absolute Gasteiger partial charge is 0.326 e. The van der Waals surface area contributed by atoms with Gasteiger partial charge in [-0.15, -0.1) is 0 Å². The summed E-state index contributed by atoms with van der Waals surface area (Å²) >= 11 is 3.37. The van der Waals surface area contributed by atoms with Crippen molar-refractivity contribution < 1.29 is 23.9 Å². The van der Waals surface area contributed by atoms with Crippen LogP contribution in [0.15, 0.2) is 71.2 Å². The summed E-state index contributed by atoms with van der Waals surface area (Å²) in [6.45, 7) is 0.820. The average molecular weight is 559 g/mol. The molecule has 1 N–H and O–H groups in total. The molecule has 8 heteroatoms. The van der Waals surface area contributed by atoms with Gasteiger partial charge in [-0.3, -0.25) is 24.1 Å². The highest BCUT2D eigenvalue weighted by molar-refractivity contribution is 9.10. The van der Waals surface area contributed by atoms with Gasteiger partial charge in [0.05, 0.1) is 11.8 Å². The number of amides is 3. The van der Waals surface area contributed by atoms with E-state index in [0.29, 0.717) is 5.69 Å². The molecule has 2 atom stereocenters. The van der Waals surface area contributed by atoms with Gasteiger partial charge in [0.25, 0.3) is 5.91 Å². The highest BCUT2D eigenvalue weighted by atomic mass is 79.9. The molecule has 0 saturated carbocycles. The summed E-state index contributed by atoms with van der Waals surface area (Å²) in [6.07, 6.45) is 0. The quantitative estimate of drug-likeness (QED) is 0.375. The van der Waals surface area contributed by atoms with E-state index in [-0.39, 0.29) is 23.7 Å². The number of likely N-dealkylation sites (tertiary alicyclic amines) is 1. The van der Waals surface area contributed by atoms with Crippen LogP contribution in [0.3, 0.4) is 0 Å². The predicted molar refractivity (Wildman–Crippen MR) is 139 cm³/mol. The van der Waals surface area contributed by atoms with Crippen molar-refractivity contribution in [3.8, 4) is 0 Å². The zero-order chi connectivity index (χ0) is 25.8. The van der Waals surface area contributed by atoms with Crippen LogP contribution in [0.5, 0.6) is 0 Å². The summed E-state index contributed by atoms with van der Waals surface area (Å²) < 4.78 is 6.02. The first-order chi connectivity index (χ1) is 17.8. The Hall–Kier alpha value is -3.78. The second-order valence-electron chi connectivity index (χ2n) is 9.70. The maximum absolute atomic E-state index is 13.6. The molecule has 3 aromatic rings. The highest BCUT2D eigenvalue weighted by Crippen LogP contribution is 2.60. The van der Waals surface area contributed by atoms with Gasteiger partial charge in [-0.2, -0.15) is 0 Å². The van der Waals surface area contributed by atoms with Crippen LogP contribution in [0, 0.1) is 18.8 Å². The molecule has 1 aliphatic heterocycles. The number of carbonyl (C=O) groups excluding carboxylic acids is 4. The molecular weight excluding hydrogens is 536 g/mol. The van der Waals surface area contributed by atoms with E-state index in [1.54, 1.807) is 12.1 Å². The molecule has 3 aliphatic carbocycles. The predicted octanol–water partition coefficient (Wildman–Crippen LogP) is 4.13. The molecule has 0 unspecified atom stereocenters. The summed E-state index contributed by atoms with van der Waals surface area (Å²) in [5.74, 6) is -3.61. The van der Waals surface area contributed by atoms with Crippen molar-refractivity contribution in [3.63, 3.8) is 0 Å². The van der Waals surface area contributed by atoms with E-state index >= 15 is 0 Å². The number of benzene rings is 3. The molecule has 1 fully saturated rings. The van der Waals surface area contributed by atoms with E-state index in [1.165, 1.54) is 0 Å². The number of halogens is 1. The van der Waals surface area contributed by atoms with E-state index in [4.69, 9.17) is 4.74 Å². The van der Waals surface area contributed by atoms with Gasteiger partial charge < -0.3 is 10.1 Å². The third-order valence-electron chi connectivity index (χ3n) is 7.65. The maximum Gasteiger partial charge on any atom is 0.326 e. The lowest BCUT2D eigenvalue weighted by molar-refractivity contribution is -0.154. The minimum absolute atomic E-state index is 0.236. The second-order valence-corrected chi connectivity index (χ2v) is 10.6. The molecule has 1 heterocycles. The fraction of sp³-hybridized carbons (Fsp3) is 0.241. The lowest BCUT2D eigenvalue weighted by Gasteiger charge is -2.45. The first kappa shape index (κ1) is 23.6. The molecule has 0 aromatic heterocycles. The van der Waals surface area contributed by atoms with Crippen molar-refractivity contribution in [2.75, 3.05) is 18.5 Å². The molecule has 3 amide bonds. The van der Waals surface area contributed by atoms with Crippen LogP contribution in [0.25, 0.3) is 0 Å². The van der Waals surface area contributed by atoms with Gasteiger partial charge in [0.15, 0.2) is 6.61 Å². The van der Waals surface area contributed by atoms with E-state index in [2.05, 4.69) is 21.2 Å². The molecule has 37 heavy (non-hydrogen) atoms. The van der Waals surface area contributed by atoms with Crippen molar-refractivity contribution in [2.24, 2.45) is 11.8 Å². The van der Waals surface area contributed by atoms with Crippen molar-refractivity contribution >= 4 is 45.3 Å². The number of aryl methyl sites for hydroxylation is 1. The number of carbonyl (C=O) groups is 4. The van der Waals surface area contributed by atoms with Crippen molar-refractivity contribution in [3.05, 3.63) is 99.0 Å². The van der Waals surface area contributed by atoms with Crippen LogP contribution in [0.1, 0.15) is 39.7 Å². The molecule has 3 aromatic carbocycles. The van der Waals surface area contributed by atoms with E-state index in [9.17, 15) is 19.2 Å². The number of rotatable bonds is 5. The number of esters is 1. The van der Waals surface area contributed by atoms with Gasteiger partial charge in [-0.25, -0.2) is 0 Å². The lowest BCUT2D eigenvalue weighted by atomic mass is 9.55. The lowest BCUT2D eigenvalue weighted by Crippen LogP contribution is -2.41. The third-order valence-corrected chi connectivity index (χ3v) is 8.15. The van der Waals surface area contributed by atoms with Crippen LogP contribution in [-0.2, 0) is 23.9 Å². The van der Waals surface area contributed by atoms with E-state index < -0.39 is 36.9 Å². The molecule has 2 bridgehead atoms. The number of ether oxygens (including phenoxy) is 1. The van der Waals surface area contributed by atoms with Gasteiger partial charge in [0.1, 0.15) is 6.54 Å². The normalized spacial score (nSPS) is 22.8. The molecule has 7 nitrogen and oxygen atoms in total. The minimum Gasteiger partial charge on any atom is -0.454 e. The minimum atomic E-state index is -0.801. The Balaban J connectivity index is 1.18. The Labute approximate surface area is 221 Å². The number of imide groups is 1. The van der Waals surface area contributed by atoms with Crippen molar-refractivity contribution in [2.45, 2.75) is 18.8 Å². The average Bonchev–Trinajstić information content (AvgIpc) is 3.14. The van der Waals surface area contributed by atoms with E-state index in [1.807, 2.05) is 61.5 Å². The van der Waals surface area contributed by atoms with Gasteiger partial charge in [0, 0.05) is 22.0 Å². The van der Waals surface area contributed by atoms with Crippen LogP contribution < -0.4 is 5.32 Å². The molecule has 0 radical (unpaired) electrons. The Morgan fingerprint density at radius 1 is 0.865 bits per heavy atom. The standard InChI is InChI=1S/C29H23BrN2O5/c1-15-12-16(30)10-11-21(15)31-22(33)14-37-23(34)13-32-28(35)26-24-17-6-2-3-7-18(17)25(27(26)29(32)36)20-9-5-4-8-19(20)24/h2-12,24-27H,13-14H2,1H3,(H,31,33)/t24?,25?,26-,27-/m0/s1. The number of hydrogen-bond donors (Lipinski definition) is 1. The number of anilines is 1. The fourth-order valence-corrected chi connectivity index (χ4v) is 6.64. The summed E-state index contributed by atoms with van der Waals surface area (Å²) in [5, 5.41) is 2.70. The van der Waals surface area contributed by atoms with Crippen LogP contribution in [-0.4, -0.2) is 41.7 Å². The summed E-state index contributed by atoms with van der Waals surface area (Å²) in [7, 11) is 0. The second kappa shape index (κ2) is 8.95. The highest BCUT2D eigenvalue weighted by Gasteiger charge is 2.61. The first-order valence-corrected chi connectivity index (χ1v) is 12.9. The third kappa shape index (κ3) is 3.78. The maximum atomic E-state index is 13.6. The molecule has 186 valence electrons. The molecule has 0 spiro atoms. The Morgan fingerprint density at radius 3 is 1.86 bits per heavy atom.